The van der Waals surface area contributed by atoms with Crippen LogP contribution in [0.1, 0.15) is 57.8 Å². The first-order valence-corrected chi connectivity index (χ1v) is 11.7. The Morgan fingerprint density at radius 2 is 1.13 bits per heavy atom. The van der Waals surface area contributed by atoms with E-state index in [0.29, 0.717) is 0 Å². The van der Waals surface area contributed by atoms with Crippen molar-refractivity contribution in [3.05, 3.63) is 0 Å². The molecule has 30 heavy (non-hydrogen) atoms. The highest BCUT2D eigenvalue weighted by Gasteiger charge is 2.28. The molecule has 1 fully saturated rings. The SMILES string of the molecule is COCCN1CC(CCCCCCCCCC(OC)(OC)OC)CN(CCOC)C1. The molecule has 0 aromatic carbocycles. The summed E-state index contributed by atoms with van der Waals surface area (Å²) in [4.78, 5) is 5.07. The fourth-order valence-corrected chi connectivity index (χ4v) is 4.35. The topological polar surface area (TPSA) is 52.6 Å². The largest absolute Gasteiger partial charge is 0.383 e. The van der Waals surface area contributed by atoms with E-state index in [1.807, 2.05) is 0 Å². The van der Waals surface area contributed by atoms with Crippen LogP contribution in [0.4, 0.5) is 0 Å². The Kier molecular flexibility index (Phi) is 16.0. The highest BCUT2D eigenvalue weighted by molar-refractivity contribution is 4.76. The van der Waals surface area contributed by atoms with Crippen molar-refractivity contribution in [2.45, 2.75) is 63.8 Å². The molecule has 0 N–H and O–H groups in total. The number of unbranched alkanes of at least 4 members (excludes halogenated alkanes) is 6. The minimum Gasteiger partial charge on any atom is -0.383 e. The highest BCUT2D eigenvalue weighted by Crippen LogP contribution is 2.22. The van der Waals surface area contributed by atoms with E-state index in [9.17, 15) is 0 Å². The van der Waals surface area contributed by atoms with Gasteiger partial charge < -0.3 is 23.7 Å². The van der Waals surface area contributed by atoms with Gasteiger partial charge in [0.05, 0.1) is 19.9 Å². The summed E-state index contributed by atoms with van der Waals surface area (Å²) in [5.74, 6) is -0.105. The van der Waals surface area contributed by atoms with Crippen molar-refractivity contribution in [3.63, 3.8) is 0 Å². The number of ether oxygens (including phenoxy) is 5. The number of methoxy groups -OCH3 is 5. The maximum Gasteiger partial charge on any atom is 0.282 e. The summed E-state index contributed by atoms with van der Waals surface area (Å²) >= 11 is 0. The maximum absolute atomic E-state index is 5.35. The van der Waals surface area contributed by atoms with E-state index in [1.54, 1.807) is 35.5 Å². The molecule has 1 heterocycles. The van der Waals surface area contributed by atoms with E-state index in [0.717, 1.165) is 51.7 Å². The number of nitrogens with zero attached hydrogens (tertiary/aromatic N) is 2. The molecule has 0 aromatic heterocycles. The van der Waals surface area contributed by atoms with Gasteiger partial charge in [0.15, 0.2) is 0 Å². The molecule has 1 aliphatic rings. The lowest BCUT2D eigenvalue weighted by molar-refractivity contribution is -0.355. The van der Waals surface area contributed by atoms with Gasteiger partial charge in [-0.3, -0.25) is 9.80 Å². The second-order valence-corrected chi connectivity index (χ2v) is 8.46. The third kappa shape index (κ3) is 11.4. The molecule has 7 heteroatoms. The van der Waals surface area contributed by atoms with Crippen LogP contribution in [-0.4, -0.2) is 97.4 Å². The van der Waals surface area contributed by atoms with Gasteiger partial charge in [-0.15, -0.1) is 0 Å². The molecule has 0 atom stereocenters. The Labute approximate surface area is 185 Å². The van der Waals surface area contributed by atoms with Crippen LogP contribution in [0.2, 0.25) is 0 Å². The fraction of sp³-hybridized carbons (Fsp3) is 1.00. The van der Waals surface area contributed by atoms with Gasteiger partial charge in [0.1, 0.15) is 0 Å². The zero-order valence-electron chi connectivity index (χ0n) is 20.3. The van der Waals surface area contributed by atoms with Crippen molar-refractivity contribution in [1.29, 1.82) is 0 Å². The average Bonchev–Trinajstić information content (AvgIpc) is 2.78. The quantitative estimate of drug-likeness (QED) is 0.228. The van der Waals surface area contributed by atoms with Crippen molar-refractivity contribution < 1.29 is 23.7 Å². The maximum atomic E-state index is 5.35. The van der Waals surface area contributed by atoms with Gasteiger partial charge in [0.25, 0.3) is 5.97 Å². The van der Waals surface area contributed by atoms with Crippen LogP contribution in [0.3, 0.4) is 0 Å². The van der Waals surface area contributed by atoms with Gasteiger partial charge in [0, 0.05) is 68.1 Å². The van der Waals surface area contributed by atoms with Crippen molar-refractivity contribution in [2.75, 3.05) is 81.6 Å². The molecule has 1 saturated heterocycles. The van der Waals surface area contributed by atoms with Crippen LogP contribution in [-0.2, 0) is 23.7 Å². The highest BCUT2D eigenvalue weighted by atomic mass is 16.9. The minimum absolute atomic E-state index is 0.762. The summed E-state index contributed by atoms with van der Waals surface area (Å²) in [6, 6.07) is 0. The zero-order chi connectivity index (χ0) is 22.1. The van der Waals surface area contributed by atoms with Crippen molar-refractivity contribution in [2.24, 2.45) is 5.92 Å². The van der Waals surface area contributed by atoms with Gasteiger partial charge in [-0.05, 0) is 18.8 Å². The van der Waals surface area contributed by atoms with Gasteiger partial charge in [-0.2, -0.15) is 0 Å². The van der Waals surface area contributed by atoms with E-state index in [4.69, 9.17) is 23.7 Å². The van der Waals surface area contributed by atoms with Crippen LogP contribution >= 0.6 is 0 Å². The summed E-state index contributed by atoms with van der Waals surface area (Å²) in [6.07, 6.45) is 10.9. The Balaban J connectivity index is 2.13. The molecule has 0 spiro atoms. The molecule has 0 radical (unpaired) electrons. The molecule has 0 bridgehead atoms. The predicted octanol–water partition coefficient (Wildman–Crippen LogP) is 3.57. The van der Waals surface area contributed by atoms with Gasteiger partial charge >= 0.3 is 0 Å². The summed E-state index contributed by atoms with van der Waals surface area (Å²) in [6.45, 7) is 7.11. The Morgan fingerprint density at radius 1 is 0.667 bits per heavy atom. The molecule has 0 aromatic rings. The number of hydrogen-bond acceptors (Lipinski definition) is 7. The van der Waals surface area contributed by atoms with E-state index in [2.05, 4.69) is 9.80 Å². The van der Waals surface area contributed by atoms with E-state index in [-0.39, 0.29) is 0 Å². The first-order chi connectivity index (χ1) is 14.6. The monoisotopic (exact) mass is 432 g/mol. The number of rotatable bonds is 19. The van der Waals surface area contributed by atoms with E-state index in [1.165, 1.54) is 58.0 Å². The minimum atomic E-state index is -0.867. The Bertz CT molecular complexity index is 372. The van der Waals surface area contributed by atoms with Crippen LogP contribution in [0.5, 0.6) is 0 Å². The average molecular weight is 433 g/mol. The second-order valence-electron chi connectivity index (χ2n) is 8.46. The third-order valence-electron chi connectivity index (χ3n) is 6.18. The smallest absolute Gasteiger partial charge is 0.282 e. The first kappa shape index (κ1) is 27.8. The van der Waals surface area contributed by atoms with Crippen molar-refractivity contribution in [3.8, 4) is 0 Å². The molecular weight excluding hydrogens is 384 g/mol. The van der Waals surface area contributed by atoms with Crippen LogP contribution in [0.25, 0.3) is 0 Å². The van der Waals surface area contributed by atoms with Crippen molar-refractivity contribution in [1.82, 2.24) is 9.80 Å². The molecule has 7 nitrogen and oxygen atoms in total. The Morgan fingerprint density at radius 3 is 1.60 bits per heavy atom. The first-order valence-electron chi connectivity index (χ1n) is 11.7. The van der Waals surface area contributed by atoms with Crippen LogP contribution < -0.4 is 0 Å². The zero-order valence-corrected chi connectivity index (χ0v) is 20.3. The lowest BCUT2D eigenvalue weighted by Gasteiger charge is -2.40. The molecular formula is C23H48N2O5. The molecule has 0 saturated carbocycles. The van der Waals surface area contributed by atoms with Crippen molar-refractivity contribution >= 4 is 0 Å². The fourth-order valence-electron chi connectivity index (χ4n) is 4.35. The normalized spacial score (nSPS) is 17.1. The molecule has 1 rings (SSSR count). The lowest BCUT2D eigenvalue weighted by Crippen LogP contribution is -2.51. The lowest BCUT2D eigenvalue weighted by atomic mass is 9.97. The summed E-state index contributed by atoms with van der Waals surface area (Å²) in [7, 11) is 8.47. The number of hydrogen-bond donors (Lipinski definition) is 0. The van der Waals surface area contributed by atoms with E-state index < -0.39 is 5.97 Å². The summed E-state index contributed by atoms with van der Waals surface area (Å²) in [5, 5.41) is 0. The van der Waals surface area contributed by atoms with Gasteiger partial charge in [-0.1, -0.05) is 38.5 Å². The third-order valence-corrected chi connectivity index (χ3v) is 6.18. The summed E-state index contributed by atoms with van der Waals surface area (Å²) in [5.41, 5.74) is 0. The predicted molar refractivity (Wildman–Crippen MR) is 121 cm³/mol. The summed E-state index contributed by atoms with van der Waals surface area (Å²) < 4.78 is 26.6. The molecule has 1 aliphatic heterocycles. The van der Waals surface area contributed by atoms with Gasteiger partial charge in [-0.25, -0.2) is 0 Å². The standard InChI is InChI=1S/C23H48N2O5/c1-26-17-15-24-19-22(20-25(21-24)16-18-27-2)13-11-9-7-6-8-10-12-14-23(28-3,29-4)30-5/h22H,6-21H2,1-5H3. The van der Waals surface area contributed by atoms with Gasteiger partial charge in [0.2, 0.25) is 0 Å². The van der Waals surface area contributed by atoms with Crippen LogP contribution in [0.15, 0.2) is 0 Å². The van der Waals surface area contributed by atoms with E-state index >= 15 is 0 Å². The molecule has 0 unspecified atom stereocenters. The second kappa shape index (κ2) is 17.3. The molecule has 0 aliphatic carbocycles. The molecule has 180 valence electrons. The molecule has 0 amide bonds. The van der Waals surface area contributed by atoms with Crippen LogP contribution in [0, 0.1) is 5.92 Å². The Hall–Kier alpha value is -0.280.